The third kappa shape index (κ3) is 3.40. The summed E-state index contributed by atoms with van der Waals surface area (Å²) in [5.74, 6) is -0.545. The zero-order valence-electron chi connectivity index (χ0n) is 15.3. The summed E-state index contributed by atoms with van der Waals surface area (Å²) < 4.78 is 5.34. The number of fused-ring (bicyclic) bond motifs is 2. The quantitative estimate of drug-likeness (QED) is 0.690. The van der Waals surface area contributed by atoms with Crippen molar-refractivity contribution in [1.29, 1.82) is 0 Å². The third-order valence-corrected chi connectivity index (χ3v) is 5.75. The topological polar surface area (TPSA) is 87.7 Å². The molecule has 0 saturated heterocycles. The van der Waals surface area contributed by atoms with Crippen LogP contribution in [0.4, 0.5) is 10.5 Å². The number of amides is 2. The molecule has 0 atom stereocenters. The molecular formula is C21H21ClN2O4. The first kappa shape index (κ1) is 18.6. The second-order valence-corrected chi connectivity index (χ2v) is 7.68. The Morgan fingerprint density at radius 3 is 2.71 bits per heavy atom. The van der Waals surface area contributed by atoms with Crippen LogP contribution in [0.2, 0.25) is 5.02 Å². The zero-order valence-corrected chi connectivity index (χ0v) is 16.0. The number of aliphatic carboxylic acids is 1. The van der Waals surface area contributed by atoms with Crippen molar-refractivity contribution in [2.24, 2.45) is 0 Å². The van der Waals surface area contributed by atoms with E-state index in [9.17, 15) is 9.59 Å². The van der Waals surface area contributed by atoms with Gasteiger partial charge in [-0.05, 0) is 42.2 Å². The lowest BCUT2D eigenvalue weighted by molar-refractivity contribution is -0.139. The van der Waals surface area contributed by atoms with Gasteiger partial charge in [0.2, 0.25) is 0 Å². The first-order chi connectivity index (χ1) is 13.5. The van der Waals surface area contributed by atoms with Crippen LogP contribution < -0.4 is 15.4 Å². The predicted octanol–water partition coefficient (Wildman–Crippen LogP) is 4.76. The van der Waals surface area contributed by atoms with E-state index in [0.717, 1.165) is 48.8 Å². The lowest BCUT2D eigenvalue weighted by atomic mass is 9.72. The van der Waals surface area contributed by atoms with E-state index in [1.807, 2.05) is 24.3 Å². The number of nitrogens with one attached hydrogen (secondary N) is 2. The fourth-order valence-electron chi connectivity index (χ4n) is 4.29. The summed E-state index contributed by atoms with van der Waals surface area (Å²) in [6, 6.07) is 10.8. The van der Waals surface area contributed by atoms with Crippen molar-refractivity contribution >= 4 is 29.3 Å². The molecule has 0 radical (unpaired) electrons. The number of urea groups is 1. The summed E-state index contributed by atoms with van der Waals surface area (Å²) in [6.07, 6.45) is 4.93. The van der Waals surface area contributed by atoms with Crippen molar-refractivity contribution in [3.8, 4) is 16.9 Å². The van der Waals surface area contributed by atoms with Crippen LogP contribution in [-0.4, -0.2) is 23.7 Å². The molecule has 1 aliphatic carbocycles. The van der Waals surface area contributed by atoms with Crippen molar-refractivity contribution < 1.29 is 19.4 Å². The molecule has 1 spiro atoms. The number of hydrogen-bond donors (Lipinski definition) is 3. The zero-order chi connectivity index (χ0) is 19.7. The Labute approximate surface area is 167 Å². The van der Waals surface area contributed by atoms with Gasteiger partial charge in [-0.1, -0.05) is 49.1 Å². The molecule has 2 aromatic rings. The van der Waals surface area contributed by atoms with Gasteiger partial charge < -0.3 is 20.5 Å². The van der Waals surface area contributed by atoms with Crippen LogP contribution in [0.3, 0.4) is 0 Å². The van der Waals surface area contributed by atoms with Crippen LogP contribution in [0.5, 0.6) is 5.75 Å². The van der Waals surface area contributed by atoms with Gasteiger partial charge in [0.05, 0.1) is 16.2 Å². The maximum Gasteiger partial charge on any atom is 0.341 e. The summed E-state index contributed by atoms with van der Waals surface area (Å²) >= 11 is 6.45. The van der Waals surface area contributed by atoms with Crippen LogP contribution in [0.25, 0.3) is 11.1 Å². The molecule has 2 aromatic carbocycles. The maximum atomic E-state index is 12.3. The molecule has 0 unspecified atom stereocenters. The molecule has 0 aromatic heterocycles. The molecule has 146 valence electrons. The molecule has 6 nitrogen and oxygen atoms in total. The van der Waals surface area contributed by atoms with E-state index in [2.05, 4.69) is 10.6 Å². The molecule has 4 rings (SSSR count). The predicted molar refractivity (Wildman–Crippen MR) is 107 cm³/mol. The van der Waals surface area contributed by atoms with Crippen molar-refractivity contribution in [2.45, 2.75) is 37.6 Å². The van der Waals surface area contributed by atoms with Crippen LogP contribution in [0.1, 0.15) is 37.7 Å². The summed E-state index contributed by atoms with van der Waals surface area (Å²) in [4.78, 5) is 23.1. The number of anilines is 1. The molecule has 0 bridgehead atoms. The average molecular weight is 401 g/mol. The van der Waals surface area contributed by atoms with E-state index >= 15 is 0 Å². The highest BCUT2D eigenvalue weighted by Gasteiger charge is 2.43. The molecule has 1 fully saturated rings. The van der Waals surface area contributed by atoms with Gasteiger partial charge in [0, 0.05) is 5.56 Å². The van der Waals surface area contributed by atoms with Crippen LogP contribution in [0.15, 0.2) is 36.4 Å². The fraction of sp³-hybridized carbons (Fsp3) is 0.333. The summed E-state index contributed by atoms with van der Waals surface area (Å²) in [5.41, 5.74) is 3.04. The van der Waals surface area contributed by atoms with E-state index in [-0.39, 0.29) is 6.03 Å². The molecule has 7 heteroatoms. The van der Waals surface area contributed by atoms with Crippen LogP contribution in [-0.2, 0) is 10.3 Å². The van der Waals surface area contributed by atoms with E-state index in [4.69, 9.17) is 21.4 Å². The monoisotopic (exact) mass is 400 g/mol. The minimum Gasteiger partial charge on any atom is -0.482 e. The van der Waals surface area contributed by atoms with E-state index in [1.54, 1.807) is 12.1 Å². The van der Waals surface area contributed by atoms with Gasteiger partial charge in [-0.3, -0.25) is 0 Å². The minimum atomic E-state index is -1.03. The Morgan fingerprint density at radius 2 is 1.96 bits per heavy atom. The van der Waals surface area contributed by atoms with Crippen molar-refractivity contribution in [3.05, 3.63) is 47.0 Å². The molecule has 3 N–H and O–H groups in total. The number of carbonyl (C=O) groups excluding carboxylic acids is 1. The Bertz CT molecular complexity index is 938. The van der Waals surface area contributed by atoms with Gasteiger partial charge >= 0.3 is 12.0 Å². The first-order valence-electron chi connectivity index (χ1n) is 9.36. The number of carboxylic acid groups (broad SMARTS) is 1. The Morgan fingerprint density at radius 1 is 1.18 bits per heavy atom. The van der Waals surface area contributed by atoms with E-state index in [0.29, 0.717) is 16.5 Å². The van der Waals surface area contributed by atoms with E-state index < -0.39 is 18.1 Å². The van der Waals surface area contributed by atoms with Crippen LogP contribution in [0, 0.1) is 0 Å². The van der Waals surface area contributed by atoms with Crippen molar-refractivity contribution in [1.82, 2.24) is 5.32 Å². The summed E-state index contributed by atoms with van der Waals surface area (Å²) in [7, 11) is 0. The standard InChI is InChI=1S/C21H21ClN2O4/c22-16-8-7-15(13-5-4-6-14(11-13)28-12-17(25)26)18-19(16)23-20(27)24-21(18)9-2-1-3-10-21/h4-8,11H,1-3,9-10,12H2,(H,25,26)(H2,23,24,27). The third-order valence-electron chi connectivity index (χ3n) is 5.44. The lowest BCUT2D eigenvalue weighted by Crippen LogP contribution is -2.53. The van der Waals surface area contributed by atoms with Gasteiger partial charge in [-0.15, -0.1) is 0 Å². The first-order valence-corrected chi connectivity index (χ1v) is 9.73. The van der Waals surface area contributed by atoms with Gasteiger partial charge in [0.1, 0.15) is 5.75 Å². The van der Waals surface area contributed by atoms with Gasteiger partial charge in [0.25, 0.3) is 0 Å². The highest BCUT2D eigenvalue weighted by Crippen LogP contribution is 2.49. The Hall–Kier alpha value is -2.73. The second-order valence-electron chi connectivity index (χ2n) is 7.28. The number of benzene rings is 2. The second kappa shape index (κ2) is 7.36. The molecule has 1 heterocycles. The number of hydrogen-bond acceptors (Lipinski definition) is 3. The van der Waals surface area contributed by atoms with E-state index in [1.165, 1.54) is 0 Å². The maximum absolute atomic E-state index is 12.3. The number of carbonyl (C=O) groups is 2. The average Bonchev–Trinajstić information content (AvgIpc) is 2.68. The number of carboxylic acids is 1. The van der Waals surface area contributed by atoms with Gasteiger partial charge in [0.15, 0.2) is 6.61 Å². The molecule has 2 amide bonds. The minimum absolute atomic E-state index is 0.230. The molecule has 2 aliphatic rings. The largest absolute Gasteiger partial charge is 0.482 e. The highest BCUT2D eigenvalue weighted by atomic mass is 35.5. The molecule has 28 heavy (non-hydrogen) atoms. The van der Waals surface area contributed by atoms with Gasteiger partial charge in [-0.25, -0.2) is 9.59 Å². The Kier molecular flexibility index (Phi) is 4.89. The van der Waals surface area contributed by atoms with Gasteiger partial charge in [-0.2, -0.15) is 0 Å². The molecule has 1 saturated carbocycles. The number of halogens is 1. The highest BCUT2D eigenvalue weighted by molar-refractivity contribution is 6.34. The number of rotatable bonds is 4. The summed E-state index contributed by atoms with van der Waals surface area (Å²) in [5, 5.41) is 15.4. The van der Waals surface area contributed by atoms with Crippen LogP contribution >= 0.6 is 11.6 Å². The molecular weight excluding hydrogens is 380 g/mol. The SMILES string of the molecule is O=C(O)COc1cccc(-c2ccc(Cl)c3c2C2(CCCCC2)NC(=O)N3)c1. The fourth-order valence-corrected chi connectivity index (χ4v) is 4.50. The molecule has 1 aliphatic heterocycles. The number of ether oxygens (including phenoxy) is 1. The lowest BCUT2D eigenvalue weighted by Gasteiger charge is -2.44. The van der Waals surface area contributed by atoms with Crippen molar-refractivity contribution in [2.75, 3.05) is 11.9 Å². The normalized spacial score (nSPS) is 17.4. The summed E-state index contributed by atoms with van der Waals surface area (Å²) in [6.45, 7) is -0.399. The smallest absolute Gasteiger partial charge is 0.341 e. The van der Waals surface area contributed by atoms with Crippen molar-refractivity contribution in [3.63, 3.8) is 0 Å². The Balaban J connectivity index is 1.84.